The maximum atomic E-state index is 12.4. The van der Waals surface area contributed by atoms with Gasteiger partial charge >= 0.3 is 0 Å². The molecule has 0 aliphatic carbocycles. The zero-order valence-electron chi connectivity index (χ0n) is 12.9. The number of hydrogen-bond donors (Lipinski definition) is 1. The van der Waals surface area contributed by atoms with Gasteiger partial charge in [0, 0.05) is 11.1 Å². The quantitative estimate of drug-likeness (QED) is 0.785. The second kappa shape index (κ2) is 5.98. The van der Waals surface area contributed by atoms with Crippen molar-refractivity contribution in [3.05, 3.63) is 59.0 Å². The van der Waals surface area contributed by atoms with Gasteiger partial charge in [0.15, 0.2) is 5.13 Å². The summed E-state index contributed by atoms with van der Waals surface area (Å²) in [5.41, 5.74) is 2.36. The first-order chi connectivity index (χ1) is 11.7. The van der Waals surface area contributed by atoms with Crippen LogP contribution >= 0.6 is 11.3 Å². The summed E-state index contributed by atoms with van der Waals surface area (Å²) in [5, 5.41) is 3.42. The molecule has 24 heavy (non-hydrogen) atoms. The minimum Gasteiger partial charge on any atom is -0.497 e. The fraction of sp³-hybridized carbons (Fsp3) is 0.111. The van der Waals surface area contributed by atoms with Crippen LogP contribution in [0.25, 0.3) is 11.3 Å². The van der Waals surface area contributed by atoms with Crippen LogP contribution in [0.15, 0.2) is 48.5 Å². The van der Waals surface area contributed by atoms with E-state index in [1.807, 2.05) is 24.3 Å². The fourth-order valence-corrected chi connectivity index (χ4v) is 3.46. The Morgan fingerprint density at radius 2 is 2.12 bits per heavy atom. The second-order valence-electron chi connectivity index (χ2n) is 5.26. The zero-order valence-corrected chi connectivity index (χ0v) is 13.7. The summed E-state index contributed by atoms with van der Waals surface area (Å²) < 4.78 is 10.9. The lowest BCUT2D eigenvalue weighted by Gasteiger charge is -2.15. The van der Waals surface area contributed by atoms with Gasteiger partial charge in [0.2, 0.25) is 0 Å². The first kappa shape index (κ1) is 14.7. The standard InChI is InChI=1S/C18H14N2O3S/c1-22-12-6-4-5-11(9-12)17(21)20-18-19-16-13-7-2-3-8-14(13)23-10-15(16)24-18/h2-9H,10H2,1H3,(H,19,20,21). The van der Waals surface area contributed by atoms with Gasteiger partial charge < -0.3 is 9.47 Å². The van der Waals surface area contributed by atoms with Crippen LogP contribution in [0.5, 0.6) is 11.5 Å². The molecule has 0 radical (unpaired) electrons. The third kappa shape index (κ3) is 2.61. The molecule has 4 rings (SSSR count). The average molecular weight is 338 g/mol. The number of hydrogen-bond acceptors (Lipinski definition) is 5. The summed E-state index contributed by atoms with van der Waals surface area (Å²) in [7, 11) is 1.57. The third-order valence-corrected chi connectivity index (χ3v) is 4.69. The van der Waals surface area contributed by atoms with Crippen LogP contribution in [0.2, 0.25) is 0 Å². The van der Waals surface area contributed by atoms with Gasteiger partial charge in [-0.15, -0.1) is 0 Å². The minimum atomic E-state index is -0.214. The molecule has 3 aromatic rings. The Balaban J connectivity index is 1.61. The van der Waals surface area contributed by atoms with E-state index in [1.165, 1.54) is 11.3 Å². The van der Waals surface area contributed by atoms with Gasteiger partial charge in [0.25, 0.3) is 5.91 Å². The molecule has 0 spiro atoms. The molecule has 1 aliphatic rings. The van der Waals surface area contributed by atoms with Crippen molar-refractivity contribution in [2.24, 2.45) is 0 Å². The molecule has 0 saturated heterocycles. The molecule has 0 unspecified atom stereocenters. The number of ether oxygens (including phenoxy) is 2. The highest BCUT2D eigenvalue weighted by Gasteiger charge is 2.22. The predicted molar refractivity (Wildman–Crippen MR) is 92.8 cm³/mol. The van der Waals surface area contributed by atoms with Crippen molar-refractivity contribution in [3.8, 4) is 22.8 Å². The number of rotatable bonds is 3. The highest BCUT2D eigenvalue weighted by molar-refractivity contribution is 7.16. The third-order valence-electron chi connectivity index (χ3n) is 3.75. The molecular weight excluding hydrogens is 324 g/mol. The summed E-state index contributed by atoms with van der Waals surface area (Å²) >= 11 is 1.43. The molecular formula is C18H14N2O3S. The number of anilines is 1. The number of methoxy groups -OCH3 is 1. The lowest BCUT2D eigenvalue weighted by molar-refractivity contribution is 0.102. The van der Waals surface area contributed by atoms with Gasteiger partial charge in [-0.1, -0.05) is 29.5 Å². The van der Waals surface area contributed by atoms with Gasteiger partial charge in [-0.3, -0.25) is 10.1 Å². The van der Waals surface area contributed by atoms with Crippen LogP contribution in [0.4, 0.5) is 5.13 Å². The number of benzene rings is 2. The molecule has 120 valence electrons. The monoisotopic (exact) mass is 338 g/mol. The highest BCUT2D eigenvalue weighted by Crippen LogP contribution is 2.40. The Bertz CT molecular complexity index is 920. The van der Waals surface area contributed by atoms with Gasteiger partial charge in [0.05, 0.1) is 17.7 Å². The molecule has 1 aliphatic heterocycles. The van der Waals surface area contributed by atoms with Crippen LogP contribution < -0.4 is 14.8 Å². The number of nitrogens with zero attached hydrogens (tertiary/aromatic N) is 1. The van der Waals surface area contributed by atoms with Crippen LogP contribution in [-0.2, 0) is 6.61 Å². The van der Waals surface area contributed by atoms with Crippen molar-refractivity contribution in [3.63, 3.8) is 0 Å². The number of carbonyl (C=O) groups is 1. The van der Waals surface area contributed by atoms with Gasteiger partial charge in [-0.25, -0.2) is 4.98 Å². The second-order valence-corrected chi connectivity index (χ2v) is 6.35. The number of fused-ring (bicyclic) bond motifs is 3. The molecule has 0 saturated carbocycles. The molecule has 0 bridgehead atoms. The number of carbonyl (C=O) groups excluding carboxylic acids is 1. The number of amides is 1. The van der Waals surface area contributed by atoms with Crippen molar-refractivity contribution in [1.82, 2.24) is 4.98 Å². The highest BCUT2D eigenvalue weighted by atomic mass is 32.1. The molecule has 5 nitrogen and oxygen atoms in total. The zero-order chi connectivity index (χ0) is 16.5. The normalized spacial score (nSPS) is 11.9. The maximum Gasteiger partial charge on any atom is 0.257 e. The molecule has 0 fully saturated rings. The molecule has 1 amide bonds. The molecule has 6 heteroatoms. The van der Waals surface area contributed by atoms with Gasteiger partial charge in [-0.05, 0) is 30.3 Å². The van der Waals surface area contributed by atoms with Gasteiger partial charge in [0.1, 0.15) is 18.1 Å². The Morgan fingerprint density at radius 1 is 1.25 bits per heavy atom. The summed E-state index contributed by atoms with van der Waals surface area (Å²) in [6.07, 6.45) is 0. The van der Waals surface area contributed by atoms with Crippen molar-refractivity contribution in [2.75, 3.05) is 12.4 Å². The van der Waals surface area contributed by atoms with Crippen molar-refractivity contribution in [1.29, 1.82) is 0 Å². The van der Waals surface area contributed by atoms with Crippen LogP contribution in [-0.4, -0.2) is 18.0 Å². The summed E-state index contributed by atoms with van der Waals surface area (Å²) in [6.45, 7) is 0.471. The molecule has 0 atom stereocenters. The van der Waals surface area contributed by atoms with Crippen molar-refractivity contribution in [2.45, 2.75) is 6.61 Å². The van der Waals surface area contributed by atoms with E-state index < -0.39 is 0 Å². The lowest BCUT2D eigenvalue weighted by Crippen LogP contribution is -2.11. The minimum absolute atomic E-state index is 0.214. The molecule has 2 aromatic carbocycles. The Morgan fingerprint density at radius 3 is 3.00 bits per heavy atom. The number of nitrogens with one attached hydrogen (secondary N) is 1. The average Bonchev–Trinajstić information content (AvgIpc) is 3.04. The van der Waals surface area contributed by atoms with Crippen LogP contribution in [0, 0.1) is 0 Å². The Kier molecular flexibility index (Phi) is 3.66. The van der Waals surface area contributed by atoms with E-state index in [9.17, 15) is 4.79 Å². The number of para-hydroxylation sites is 1. The van der Waals surface area contributed by atoms with E-state index in [2.05, 4.69) is 10.3 Å². The first-order valence-electron chi connectivity index (χ1n) is 7.42. The number of aromatic nitrogens is 1. The van der Waals surface area contributed by atoms with E-state index in [1.54, 1.807) is 31.4 Å². The van der Waals surface area contributed by atoms with Crippen LogP contribution in [0.3, 0.4) is 0 Å². The smallest absolute Gasteiger partial charge is 0.257 e. The molecule has 1 aromatic heterocycles. The number of thiazole rings is 1. The predicted octanol–water partition coefficient (Wildman–Crippen LogP) is 3.96. The van der Waals surface area contributed by atoms with E-state index >= 15 is 0 Å². The lowest BCUT2D eigenvalue weighted by atomic mass is 10.1. The Hall–Kier alpha value is -2.86. The summed E-state index contributed by atoms with van der Waals surface area (Å²) in [6, 6.07) is 14.8. The first-order valence-corrected chi connectivity index (χ1v) is 8.23. The van der Waals surface area contributed by atoms with E-state index in [4.69, 9.17) is 9.47 Å². The maximum absolute atomic E-state index is 12.4. The van der Waals surface area contributed by atoms with E-state index in [0.717, 1.165) is 21.9 Å². The summed E-state index contributed by atoms with van der Waals surface area (Å²) in [5.74, 6) is 1.25. The topological polar surface area (TPSA) is 60.5 Å². The summed E-state index contributed by atoms with van der Waals surface area (Å²) in [4.78, 5) is 18.0. The van der Waals surface area contributed by atoms with Crippen LogP contribution in [0.1, 0.15) is 15.2 Å². The fourth-order valence-electron chi connectivity index (χ4n) is 2.58. The van der Waals surface area contributed by atoms with Gasteiger partial charge in [-0.2, -0.15) is 0 Å². The van der Waals surface area contributed by atoms with E-state index in [0.29, 0.717) is 23.1 Å². The molecule has 1 N–H and O–H groups in total. The Labute approximate surface area is 142 Å². The van der Waals surface area contributed by atoms with Crippen molar-refractivity contribution >= 4 is 22.4 Å². The SMILES string of the molecule is COc1cccc(C(=O)Nc2nc3c(s2)COc2ccccc2-3)c1. The molecule has 2 heterocycles. The van der Waals surface area contributed by atoms with E-state index in [-0.39, 0.29) is 5.91 Å². The largest absolute Gasteiger partial charge is 0.497 e. The van der Waals surface area contributed by atoms with Crippen molar-refractivity contribution < 1.29 is 14.3 Å².